The maximum absolute atomic E-state index is 12.4. The maximum atomic E-state index is 12.4. The van der Waals surface area contributed by atoms with E-state index in [9.17, 15) is 8.42 Å². The number of nitrogens with one attached hydrogen (secondary N) is 1. The smallest absolute Gasteiger partial charge is 0.282 e. The molecule has 18 heavy (non-hydrogen) atoms. The minimum atomic E-state index is -3.21. The van der Waals surface area contributed by atoms with E-state index >= 15 is 0 Å². The molecule has 2 aliphatic rings. The van der Waals surface area contributed by atoms with E-state index in [4.69, 9.17) is 0 Å². The first kappa shape index (κ1) is 16.2. The standard InChI is InChI=1S/C11H23N3O2S.ClH/c1-11-3-8-14(9-4-11)17(15,16)13-7-2-5-12-6-10-13;/h11-12H,2-10H2,1H3;1H. The lowest BCUT2D eigenvalue weighted by atomic mass is 10.0. The number of rotatable bonds is 2. The Morgan fingerprint density at radius 2 is 1.61 bits per heavy atom. The van der Waals surface area contributed by atoms with Crippen molar-refractivity contribution in [3.63, 3.8) is 0 Å². The van der Waals surface area contributed by atoms with Gasteiger partial charge in [-0.2, -0.15) is 17.0 Å². The summed E-state index contributed by atoms with van der Waals surface area (Å²) in [5.41, 5.74) is 0. The third-order valence-electron chi connectivity index (χ3n) is 3.69. The van der Waals surface area contributed by atoms with E-state index in [2.05, 4.69) is 12.2 Å². The normalized spacial score (nSPS) is 25.4. The quantitative estimate of drug-likeness (QED) is 0.815. The summed E-state index contributed by atoms with van der Waals surface area (Å²) in [4.78, 5) is 0. The zero-order valence-electron chi connectivity index (χ0n) is 11.0. The molecular weight excluding hydrogens is 274 g/mol. The second-order valence-corrected chi connectivity index (χ2v) is 7.02. The van der Waals surface area contributed by atoms with Gasteiger partial charge in [0.25, 0.3) is 10.2 Å². The van der Waals surface area contributed by atoms with Gasteiger partial charge in [-0.3, -0.25) is 0 Å². The molecule has 0 aromatic carbocycles. The molecule has 2 fully saturated rings. The van der Waals surface area contributed by atoms with Gasteiger partial charge in [0.2, 0.25) is 0 Å². The number of nitrogens with zero attached hydrogens (tertiary/aromatic N) is 2. The predicted octanol–water partition coefficient (Wildman–Crippen LogP) is 0.680. The van der Waals surface area contributed by atoms with E-state index in [0.29, 0.717) is 32.1 Å². The third-order valence-corrected chi connectivity index (χ3v) is 5.73. The van der Waals surface area contributed by atoms with Crippen LogP contribution in [0.4, 0.5) is 0 Å². The Balaban J connectivity index is 0.00000162. The SMILES string of the molecule is CC1CCN(S(=O)(=O)N2CCCNCC2)CC1.Cl. The van der Waals surface area contributed by atoms with Gasteiger partial charge in [0.1, 0.15) is 0 Å². The van der Waals surface area contributed by atoms with Crippen molar-refractivity contribution in [2.24, 2.45) is 5.92 Å². The molecule has 108 valence electrons. The van der Waals surface area contributed by atoms with Gasteiger partial charge >= 0.3 is 0 Å². The van der Waals surface area contributed by atoms with Crippen LogP contribution in [0.3, 0.4) is 0 Å². The zero-order chi connectivity index (χ0) is 12.3. The van der Waals surface area contributed by atoms with Crippen LogP contribution in [0, 0.1) is 5.92 Å². The van der Waals surface area contributed by atoms with Crippen molar-refractivity contribution >= 4 is 22.6 Å². The lowest BCUT2D eigenvalue weighted by Crippen LogP contribution is -2.47. The molecule has 0 aliphatic carbocycles. The Kier molecular flexibility index (Phi) is 6.34. The molecule has 2 saturated heterocycles. The molecule has 2 heterocycles. The molecule has 5 nitrogen and oxygen atoms in total. The number of hydrogen-bond acceptors (Lipinski definition) is 3. The first-order valence-electron chi connectivity index (χ1n) is 6.56. The van der Waals surface area contributed by atoms with E-state index in [1.807, 2.05) is 0 Å². The Morgan fingerprint density at radius 3 is 2.28 bits per heavy atom. The van der Waals surface area contributed by atoms with E-state index in [0.717, 1.165) is 32.4 Å². The molecular formula is C11H24ClN3O2S. The molecule has 0 radical (unpaired) electrons. The minimum absolute atomic E-state index is 0. The highest BCUT2D eigenvalue weighted by atomic mass is 35.5. The zero-order valence-corrected chi connectivity index (χ0v) is 12.6. The molecule has 0 atom stereocenters. The van der Waals surface area contributed by atoms with Gasteiger partial charge in [-0.05, 0) is 31.7 Å². The third kappa shape index (κ3) is 3.81. The summed E-state index contributed by atoms with van der Waals surface area (Å²) < 4.78 is 28.2. The molecule has 7 heteroatoms. The van der Waals surface area contributed by atoms with Gasteiger partial charge in [0, 0.05) is 32.7 Å². The molecule has 2 aliphatic heterocycles. The van der Waals surface area contributed by atoms with Crippen molar-refractivity contribution in [1.29, 1.82) is 0 Å². The average molecular weight is 298 g/mol. The number of hydrogen-bond donors (Lipinski definition) is 1. The molecule has 0 unspecified atom stereocenters. The van der Waals surface area contributed by atoms with Crippen LogP contribution < -0.4 is 5.32 Å². The van der Waals surface area contributed by atoms with Crippen LogP contribution in [-0.4, -0.2) is 56.3 Å². The van der Waals surface area contributed by atoms with Gasteiger partial charge in [0.05, 0.1) is 0 Å². The summed E-state index contributed by atoms with van der Waals surface area (Å²) >= 11 is 0. The highest BCUT2D eigenvalue weighted by Gasteiger charge is 2.31. The molecule has 0 aromatic rings. The molecule has 0 aromatic heterocycles. The van der Waals surface area contributed by atoms with Crippen LogP contribution in [0.15, 0.2) is 0 Å². The number of halogens is 1. The first-order chi connectivity index (χ1) is 8.10. The molecule has 2 rings (SSSR count). The van der Waals surface area contributed by atoms with Gasteiger partial charge in [0.15, 0.2) is 0 Å². The second kappa shape index (κ2) is 7.05. The molecule has 0 amide bonds. The highest BCUT2D eigenvalue weighted by Crippen LogP contribution is 2.20. The summed E-state index contributed by atoms with van der Waals surface area (Å²) in [5.74, 6) is 0.659. The number of piperidine rings is 1. The fourth-order valence-corrected chi connectivity index (χ4v) is 4.11. The van der Waals surface area contributed by atoms with Crippen LogP contribution in [-0.2, 0) is 10.2 Å². The van der Waals surface area contributed by atoms with Crippen molar-refractivity contribution < 1.29 is 8.42 Å². The summed E-state index contributed by atoms with van der Waals surface area (Å²) in [6, 6.07) is 0. The van der Waals surface area contributed by atoms with E-state index in [1.165, 1.54) is 0 Å². The van der Waals surface area contributed by atoms with Crippen molar-refractivity contribution in [2.45, 2.75) is 26.2 Å². The maximum Gasteiger partial charge on any atom is 0.282 e. The predicted molar refractivity (Wildman–Crippen MR) is 75.2 cm³/mol. The first-order valence-corrected chi connectivity index (χ1v) is 7.96. The summed E-state index contributed by atoms with van der Waals surface area (Å²) in [5, 5.41) is 3.23. The van der Waals surface area contributed by atoms with E-state index in [-0.39, 0.29) is 12.4 Å². The fourth-order valence-electron chi connectivity index (χ4n) is 2.43. The Morgan fingerprint density at radius 1 is 1.00 bits per heavy atom. The average Bonchev–Trinajstić information content (AvgIpc) is 2.58. The fraction of sp³-hybridized carbons (Fsp3) is 1.00. The Hall–Kier alpha value is 0.120. The van der Waals surface area contributed by atoms with Crippen LogP contribution in [0.2, 0.25) is 0 Å². The monoisotopic (exact) mass is 297 g/mol. The topological polar surface area (TPSA) is 52.7 Å². The highest BCUT2D eigenvalue weighted by molar-refractivity contribution is 7.86. The summed E-state index contributed by atoms with van der Waals surface area (Å²) in [7, 11) is -3.21. The van der Waals surface area contributed by atoms with Crippen LogP contribution in [0.25, 0.3) is 0 Å². The summed E-state index contributed by atoms with van der Waals surface area (Å²) in [6.07, 6.45) is 2.89. The van der Waals surface area contributed by atoms with E-state index < -0.39 is 10.2 Å². The van der Waals surface area contributed by atoms with Crippen molar-refractivity contribution in [3.8, 4) is 0 Å². The Labute approximate surface area is 116 Å². The molecule has 0 saturated carbocycles. The second-order valence-electron chi connectivity index (χ2n) is 5.09. The lowest BCUT2D eigenvalue weighted by Gasteiger charge is -2.33. The van der Waals surface area contributed by atoms with Crippen molar-refractivity contribution in [2.75, 3.05) is 39.3 Å². The van der Waals surface area contributed by atoms with Crippen LogP contribution >= 0.6 is 12.4 Å². The summed E-state index contributed by atoms with van der Waals surface area (Å²) in [6.45, 7) is 6.52. The van der Waals surface area contributed by atoms with Gasteiger partial charge in [-0.1, -0.05) is 6.92 Å². The van der Waals surface area contributed by atoms with Gasteiger partial charge in [-0.25, -0.2) is 0 Å². The van der Waals surface area contributed by atoms with Gasteiger partial charge in [-0.15, -0.1) is 12.4 Å². The molecule has 0 bridgehead atoms. The molecule has 1 N–H and O–H groups in total. The van der Waals surface area contributed by atoms with Crippen molar-refractivity contribution in [1.82, 2.24) is 13.9 Å². The largest absolute Gasteiger partial charge is 0.315 e. The van der Waals surface area contributed by atoms with Gasteiger partial charge < -0.3 is 5.32 Å². The van der Waals surface area contributed by atoms with Crippen molar-refractivity contribution in [3.05, 3.63) is 0 Å². The minimum Gasteiger partial charge on any atom is -0.315 e. The lowest BCUT2D eigenvalue weighted by molar-refractivity contribution is 0.266. The Bertz CT molecular complexity index is 334. The van der Waals surface area contributed by atoms with E-state index in [1.54, 1.807) is 8.61 Å². The molecule has 0 spiro atoms. The van der Waals surface area contributed by atoms with Crippen LogP contribution in [0.1, 0.15) is 26.2 Å². The van der Waals surface area contributed by atoms with Crippen LogP contribution in [0.5, 0.6) is 0 Å².